The van der Waals surface area contributed by atoms with E-state index < -0.39 is 26.2 Å². The minimum absolute atomic E-state index is 0.306. The van der Waals surface area contributed by atoms with Gasteiger partial charge in [-0.1, -0.05) is 29.3 Å². The van der Waals surface area contributed by atoms with Crippen LogP contribution >= 0.6 is 23.2 Å². The number of benzene rings is 2. The fraction of sp³-hybridized carbons (Fsp3) is 0.346. The lowest BCUT2D eigenvalue weighted by Gasteiger charge is -2.22. The topological polar surface area (TPSA) is 114 Å². The summed E-state index contributed by atoms with van der Waals surface area (Å²) in [5.41, 5.74) is 2.45. The van der Waals surface area contributed by atoms with E-state index in [-0.39, 0.29) is 0 Å². The summed E-state index contributed by atoms with van der Waals surface area (Å²) in [7, 11) is -3.43. The van der Waals surface area contributed by atoms with Gasteiger partial charge in [0.15, 0.2) is 15.7 Å². The zero-order valence-electron chi connectivity index (χ0n) is 20.7. The van der Waals surface area contributed by atoms with Gasteiger partial charge in [-0.2, -0.15) is 0 Å². The number of fused-ring (bicyclic) bond motifs is 1. The maximum atomic E-state index is 12.4. The van der Waals surface area contributed by atoms with Crippen molar-refractivity contribution in [3.05, 3.63) is 64.5 Å². The van der Waals surface area contributed by atoms with Gasteiger partial charge in [-0.15, -0.1) is 0 Å². The average molecular weight is 577 g/mol. The van der Waals surface area contributed by atoms with Crippen LogP contribution in [0.1, 0.15) is 25.5 Å². The standard InChI is InChI=1S/C26H27Cl2N5O4S/c1-26(8-9-26)38(35,36)15-23(34)29-10-12-33-11-7-21-24(33)25(31-16-30-21)32-18-5-6-22(20(28)14-18)37-19-4-2-3-17(27)13-19/h2-6,13-14,16H,7-12,15H2,1H3,(H,29,34)(H,30,31,32). The Bertz CT molecular complexity index is 1480. The van der Waals surface area contributed by atoms with Crippen molar-refractivity contribution in [1.82, 2.24) is 15.3 Å². The molecule has 2 N–H and O–H groups in total. The number of hydrogen-bond donors (Lipinski definition) is 2. The van der Waals surface area contributed by atoms with Crippen LogP contribution in [0.5, 0.6) is 11.5 Å². The second-order valence-electron chi connectivity index (χ2n) is 9.64. The first kappa shape index (κ1) is 26.5. The number of hydrogen-bond acceptors (Lipinski definition) is 8. The molecule has 38 heavy (non-hydrogen) atoms. The van der Waals surface area contributed by atoms with Gasteiger partial charge < -0.3 is 20.3 Å². The van der Waals surface area contributed by atoms with Crippen LogP contribution in [0.3, 0.4) is 0 Å². The van der Waals surface area contributed by atoms with Crippen LogP contribution in [0.15, 0.2) is 48.8 Å². The highest BCUT2D eigenvalue weighted by Crippen LogP contribution is 2.43. The zero-order valence-corrected chi connectivity index (χ0v) is 23.0. The quantitative estimate of drug-likeness (QED) is 0.355. The predicted molar refractivity (Wildman–Crippen MR) is 149 cm³/mol. The third-order valence-corrected chi connectivity index (χ3v) is 9.86. The number of halogens is 2. The van der Waals surface area contributed by atoms with Gasteiger partial charge in [0.25, 0.3) is 0 Å². The summed E-state index contributed by atoms with van der Waals surface area (Å²) >= 11 is 12.5. The summed E-state index contributed by atoms with van der Waals surface area (Å²) in [6, 6.07) is 12.4. The first-order valence-corrected chi connectivity index (χ1v) is 14.6. The lowest BCUT2D eigenvalue weighted by atomic mass is 10.2. The van der Waals surface area contributed by atoms with E-state index in [0.29, 0.717) is 65.5 Å². The van der Waals surface area contributed by atoms with E-state index in [1.807, 2.05) is 6.07 Å². The van der Waals surface area contributed by atoms with E-state index in [1.54, 1.807) is 43.3 Å². The number of anilines is 3. The number of aromatic nitrogens is 2. The van der Waals surface area contributed by atoms with Crippen molar-refractivity contribution >= 4 is 56.1 Å². The molecule has 0 unspecified atom stereocenters. The van der Waals surface area contributed by atoms with Crippen molar-refractivity contribution in [1.29, 1.82) is 0 Å². The van der Waals surface area contributed by atoms with E-state index in [4.69, 9.17) is 27.9 Å². The van der Waals surface area contributed by atoms with Crippen molar-refractivity contribution in [2.24, 2.45) is 0 Å². The van der Waals surface area contributed by atoms with E-state index in [0.717, 1.165) is 17.8 Å². The molecule has 5 rings (SSSR count). The number of rotatable bonds is 10. The minimum Gasteiger partial charge on any atom is -0.456 e. The molecule has 12 heteroatoms. The van der Waals surface area contributed by atoms with Crippen molar-refractivity contribution in [2.45, 2.75) is 30.9 Å². The fourth-order valence-electron chi connectivity index (χ4n) is 4.27. The molecule has 1 aromatic heterocycles. The lowest BCUT2D eigenvalue weighted by Crippen LogP contribution is -2.39. The van der Waals surface area contributed by atoms with Crippen molar-refractivity contribution in [3.63, 3.8) is 0 Å². The van der Waals surface area contributed by atoms with Crippen LogP contribution in [0.25, 0.3) is 0 Å². The van der Waals surface area contributed by atoms with Crippen LogP contribution in [0, 0.1) is 0 Å². The summed E-state index contributed by atoms with van der Waals surface area (Å²) in [5, 5.41) is 7.03. The number of sulfone groups is 1. The van der Waals surface area contributed by atoms with Gasteiger partial charge in [0.2, 0.25) is 5.91 Å². The van der Waals surface area contributed by atoms with Crippen LogP contribution in [-0.2, 0) is 21.1 Å². The molecule has 200 valence electrons. The van der Waals surface area contributed by atoms with E-state index in [2.05, 4.69) is 25.5 Å². The Morgan fingerprint density at radius 2 is 1.97 bits per heavy atom. The molecule has 0 spiro atoms. The zero-order chi connectivity index (χ0) is 26.9. The molecular weight excluding hydrogens is 549 g/mol. The van der Waals surface area contributed by atoms with Crippen LogP contribution in [0.4, 0.5) is 17.2 Å². The monoisotopic (exact) mass is 575 g/mol. The number of ether oxygens (including phenoxy) is 1. The van der Waals surface area contributed by atoms with Crippen LogP contribution in [-0.4, -0.2) is 54.4 Å². The van der Waals surface area contributed by atoms with E-state index >= 15 is 0 Å². The number of nitrogens with zero attached hydrogens (tertiary/aromatic N) is 3. The summed E-state index contributed by atoms with van der Waals surface area (Å²) in [4.78, 5) is 23.2. The van der Waals surface area contributed by atoms with Gasteiger partial charge in [-0.25, -0.2) is 18.4 Å². The molecule has 3 aromatic rings. The molecule has 0 atom stereocenters. The molecular formula is C26H27Cl2N5O4S. The average Bonchev–Trinajstić information content (AvgIpc) is 3.49. The van der Waals surface area contributed by atoms with Crippen molar-refractivity contribution < 1.29 is 17.9 Å². The van der Waals surface area contributed by atoms with Gasteiger partial charge in [-0.3, -0.25) is 4.79 Å². The molecule has 1 saturated carbocycles. The van der Waals surface area contributed by atoms with Gasteiger partial charge in [0, 0.05) is 36.8 Å². The summed E-state index contributed by atoms with van der Waals surface area (Å²) in [6.45, 7) is 3.20. The molecule has 1 amide bonds. The van der Waals surface area contributed by atoms with Crippen molar-refractivity contribution in [3.8, 4) is 11.5 Å². The minimum atomic E-state index is -3.43. The molecule has 1 aliphatic carbocycles. The molecule has 1 aliphatic heterocycles. The Labute approximate surface area is 231 Å². The van der Waals surface area contributed by atoms with Gasteiger partial charge in [0.05, 0.1) is 15.5 Å². The molecule has 0 bridgehead atoms. The first-order valence-electron chi connectivity index (χ1n) is 12.2. The van der Waals surface area contributed by atoms with Gasteiger partial charge >= 0.3 is 0 Å². The first-order chi connectivity index (χ1) is 18.1. The molecule has 9 nitrogen and oxygen atoms in total. The summed E-state index contributed by atoms with van der Waals surface area (Å²) in [6.07, 6.45) is 3.48. The SMILES string of the molecule is CC1(S(=O)(=O)CC(=O)NCCN2CCc3ncnc(Nc4ccc(Oc5cccc(Cl)c5)c(Cl)c4)c32)CC1. The van der Waals surface area contributed by atoms with Crippen molar-refractivity contribution in [2.75, 3.05) is 35.6 Å². The van der Waals surface area contributed by atoms with Crippen LogP contribution < -0.4 is 20.3 Å². The number of carbonyl (C=O) groups excluding carboxylic acids is 1. The molecule has 1 fully saturated rings. The Morgan fingerprint density at radius 3 is 2.71 bits per heavy atom. The maximum absolute atomic E-state index is 12.4. The second kappa shape index (κ2) is 10.6. The Hall–Kier alpha value is -3.08. The van der Waals surface area contributed by atoms with Crippen LogP contribution in [0.2, 0.25) is 10.0 Å². The smallest absolute Gasteiger partial charge is 0.235 e. The third kappa shape index (κ3) is 5.82. The highest BCUT2D eigenvalue weighted by molar-refractivity contribution is 7.93. The third-order valence-electron chi connectivity index (χ3n) is 6.78. The Kier molecular flexibility index (Phi) is 7.39. The molecule has 2 aliphatic rings. The largest absolute Gasteiger partial charge is 0.456 e. The van der Waals surface area contributed by atoms with Gasteiger partial charge in [0.1, 0.15) is 29.3 Å². The summed E-state index contributed by atoms with van der Waals surface area (Å²) < 4.78 is 29.8. The predicted octanol–water partition coefficient (Wildman–Crippen LogP) is 4.77. The molecule has 0 radical (unpaired) electrons. The molecule has 0 saturated heterocycles. The highest BCUT2D eigenvalue weighted by atomic mass is 35.5. The van der Waals surface area contributed by atoms with Gasteiger partial charge in [-0.05, 0) is 56.2 Å². The number of nitrogens with one attached hydrogen (secondary N) is 2. The Morgan fingerprint density at radius 1 is 1.16 bits per heavy atom. The molecule has 2 heterocycles. The Balaban J connectivity index is 1.22. The normalized spacial score (nSPS) is 15.6. The highest BCUT2D eigenvalue weighted by Gasteiger charge is 2.50. The second-order valence-corrected chi connectivity index (χ2v) is 13.0. The number of carbonyl (C=O) groups is 1. The maximum Gasteiger partial charge on any atom is 0.235 e. The summed E-state index contributed by atoms with van der Waals surface area (Å²) in [5.74, 6) is 0.726. The fourth-order valence-corrected chi connectivity index (χ4v) is 6.19. The molecule has 2 aromatic carbocycles. The number of amides is 1. The lowest BCUT2D eigenvalue weighted by molar-refractivity contribution is -0.118. The van der Waals surface area contributed by atoms with E-state index in [9.17, 15) is 13.2 Å². The van der Waals surface area contributed by atoms with E-state index in [1.165, 1.54) is 6.33 Å².